The average molecular weight is 312 g/mol. The van der Waals surface area contributed by atoms with Gasteiger partial charge >= 0.3 is 5.97 Å². The fourth-order valence-electron chi connectivity index (χ4n) is 2.57. The lowest BCUT2D eigenvalue weighted by atomic mass is 9.92. The van der Waals surface area contributed by atoms with E-state index >= 15 is 0 Å². The largest absolute Gasteiger partial charge is 0.478 e. The molecule has 0 radical (unpaired) electrons. The molecule has 0 aliphatic heterocycles. The van der Waals surface area contributed by atoms with Crippen LogP contribution in [-0.2, 0) is 10.0 Å². The number of hydrogen-bond acceptors (Lipinski definition) is 4. The molecule has 0 saturated heterocycles. The smallest absolute Gasteiger partial charge is 0.335 e. The summed E-state index contributed by atoms with van der Waals surface area (Å²) in [4.78, 5) is 11.1. The van der Waals surface area contributed by atoms with Crippen molar-refractivity contribution in [3.63, 3.8) is 0 Å². The number of nitrogens with one attached hydrogen (secondary N) is 1. The fourth-order valence-corrected chi connectivity index (χ4v) is 3.92. The molecule has 116 valence electrons. The molecular formula is C14H20N2O4S. The van der Waals surface area contributed by atoms with E-state index in [2.05, 4.69) is 4.72 Å². The summed E-state index contributed by atoms with van der Waals surface area (Å²) < 4.78 is 27.3. The second-order valence-electron chi connectivity index (χ2n) is 5.46. The third-order valence-corrected chi connectivity index (χ3v) is 5.36. The van der Waals surface area contributed by atoms with Gasteiger partial charge in [-0.1, -0.05) is 18.9 Å². The lowest BCUT2D eigenvalue weighted by Crippen LogP contribution is -2.49. The molecule has 2 unspecified atom stereocenters. The van der Waals surface area contributed by atoms with Crippen LogP contribution >= 0.6 is 0 Å². The number of carboxylic acid groups (broad SMARTS) is 1. The van der Waals surface area contributed by atoms with Crippen molar-refractivity contribution in [1.82, 2.24) is 4.72 Å². The maximum Gasteiger partial charge on any atom is 0.335 e. The Labute approximate surface area is 124 Å². The monoisotopic (exact) mass is 312 g/mol. The molecule has 1 saturated carbocycles. The maximum atomic E-state index is 12.4. The summed E-state index contributed by atoms with van der Waals surface area (Å²) in [7, 11) is -3.76. The molecule has 0 amide bonds. The molecule has 2 atom stereocenters. The highest BCUT2D eigenvalue weighted by Gasteiger charge is 2.27. The van der Waals surface area contributed by atoms with Gasteiger partial charge in [0.2, 0.25) is 10.0 Å². The van der Waals surface area contributed by atoms with Gasteiger partial charge in [0.15, 0.2) is 0 Å². The van der Waals surface area contributed by atoms with Gasteiger partial charge in [0, 0.05) is 12.1 Å². The number of rotatable bonds is 4. The highest BCUT2D eigenvalue weighted by molar-refractivity contribution is 7.89. The summed E-state index contributed by atoms with van der Waals surface area (Å²) in [6, 6.07) is 3.61. The molecule has 1 aliphatic rings. The van der Waals surface area contributed by atoms with Crippen molar-refractivity contribution >= 4 is 16.0 Å². The number of carboxylic acids is 1. The zero-order chi connectivity index (χ0) is 15.6. The van der Waals surface area contributed by atoms with Crippen LogP contribution in [-0.4, -0.2) is 31.6 Å². The van der Waals surface area contributed by atoms with Crippen LogP contribution in [0.3, 0.4) is 0 Å². The van der Waals surface area contributed by atoms with Gasteiger partial charge in [-0.3, -0.25) is 0 Å². The second kappa shape index (κ2) is 6.13. The SMILES string of the molecule is Cc1ccc(S(=O)(=O)NC2CCCCC2N)cc1C(=O)O. The number of benzene rings is 1. The zero-order valence-electron chi connectivity index (χ0n) is 11.9. The predicted molar refractivity (Wildman–Crippen MR) is 78.7 cm³/mol. The van der Waals surface area contributed by atoms with Crippen molar-refractivity contribution < 1.29 is 18.3 Å². The van der Waals surface area contributed by atoms with Crippen LogP contribution in [0.1, 0.15) is 41.6 Å². The van der Waals surface area contributed by atoms with E-state index in [9.17, 15) is 13.2 Å². The first-order chi connectivity index (χ1) is 9.81. The predicted octanol–water partition coefficient (Wildman–Crippen LogP) is 1.24. The lowest BCUT2D eigenvalue weighted by molar-refractivity contribution is 0.0696. The molecule has 0 heterocycles. The van der Waals surface area contributed by atoms with Crippen LogP contribution in [0.2, 0.25) is 0 Å². The third kappa shape index (κ3) is 3.61. The third-order valence-electron chi connectivity index (χ3n) is 3.88. The van der Waals surface area contributed by atoms with Crippen molar-refractivity contribution in [3.8, 4) is 0 Å². The van der Waals surface area contributed by atoms with Crippen LogP contribution in [0.15, 0.2) is 23.1 Å². The number of nitrogens with two attached hydrogens (primary N) is 1. The minimum atomic E-state index is -3.76. The number of carbonyl (C=O) groups is 1. The molecule has 2 rings (SSSR count). The van der Waals surface area contributed by atoms with Gasteiger partial charge in [-0.25, -0.2) is 17.9 Å². The molecule has 0 aromatic heterocycles. The van der Waals surface area contributed by atoms with E-state index in [0.717, 1.165) is 19.3 Å². The summed E-state index contributed by atoms with van der Waals surface area (Å²) >= 11 is 0. The van der Waals surface area contributed by atoms with E-state index in [-0.39, 0.29) is 22.5 Å². The first kappa shape index (κ1) is 15.9. The van der Waals surface area contributed by atoms with Crippen molar-refractivity contribution in [2.75, 3.05) is 0 Å². The van der Waals surface area contributed by atoms with Crippen LogP contribution in [0.4, 0.5) is 0 Å². The Balaban J connectivity index is 2.27. The van der Waals surface area contributed by atoms with E-state index in [1.807, 2.05) is 0 Å². The first-order valence-electron chi connectivity index (χ1n) is 6.93. The highest BCUT2D eigenvalue weighted by Crippen LogP contribution is 2.21. The minimum absolute atomic E-state index is 0.00850. The van der Waals surface area contributed by atoms with Crippen molar-refractivity contribution in [3.05, 3.63) is 29.3 Å². The molecule has 1 aliphatic carbocycles. The van der Waals surface area contributed by atoms with Crippen molar-refractivity contribution in [2.45, 2.75) is 49.6 Å². The molecule has 6 nitrogen and oxygen atoms in total. The van der Waals surface area contributed by atoms with Gasteiger partial charge in [-0.2, -0.15) is 0 Å². The van der Waals surface area contributed by atoms with E-state index in [4.69, 9.17) is 10.8 Å². The lowest BCUT2D eigenvalue weighted by Gasteiger charge is -2.29. The Bertz CT molecular complexity index is 642. The topological polar surface area (TPSA) is 109 Å². The van der Waals surface area contributed by atoms with Gasteiger partial charge in [-0.05, 0) is 37.5 Å². The van der Waals surface area contributed by atoms with Crippen LogP contribution in [0.25, 0.3) is 0 Å². The Hall–Kier alpha value is -1.44. The van der Waals surface area contributed by atoms with E-state index < -0.39 is 16.0 Å². The first-order valence-corrected chi connectivity index (χ1v) is 8.41. The van der Waals surface area contributed by atoms with Gasteiger partial charge in [-0.15, -0.1) is 0 Å². The summed E-state index contributed by atoms with van der Waals surface area (Å²) in [5.74, 6) is -1.14. The van der Waals surface area contributed by atoms with Gasteiger partial charge < -0.3 is 10.8 Å². The van der Waals surface area contributed by atoms with Crippen LogP contribution in [0, 0.1) is 6.92 Å². The van der Waals surface area contributed by atoms with Crippen LogP contribution in [0.5, 0.6) is 0 Å². The molecule has 1 fully saturated rings. The molecular weight excluding hydrogens is 292 g/mol. The molecule has 21 heavy (non-hydrogen) atoms. The van der Waals surface area contributed by atoms with E-state index in [1.165, 1.54) is 18.2 Å². The normalized spacial score (nSPS) is 23.0. The minimum Gasteiger partial charge on any atom is -0.478 e. The van der Waals surface area contributed by atoms with Gasteiger partial charge in [0.25, 0.3) is 0 Å². The second-order valence-corrected chi connectivity index (χ2v) is 7.17. The molecule has 7 heteroatoms. The molecule has 0 spiro atoms. The number of hydrogen-bond donors (Lipinski definition) is 3. The Morgan fingerprint density at radius 2 is 2.00 bits per heavy atom. The molecule has 0 bridgehead atoms. The maximum absolute atomic E-state index is 12.4. The molecule has 1 aromatic rings. The number of aromatic carboxylic acids is 1. The fraction of sp³-hybridized carbons (Fsp3) is 0.500. The zero-order valence-corrected chi connectivity index (χ0v) is 12.7. The average Bonchev–Trinajstić information content (AvgIpc) is 2.41. The Kier molecular flexibility index (Phi) is 4.65. The van der Waals surface area contributed by atoms with E-state index in [0.29, 0.717) is 12.0 Å². The summed E-state index contributed by atoms with van der Waals surface area (Å²) in [6.45, 7) is 1.63. The molecule has 1 aromatic carbocycles. The summed E-state index contributed by atoms with van der Waals surface area (Å²) in [5, 5.41) is 9.08. The van der Waals surface area contributed by atoms with E-state index in [1.54, 1.807) is 6.92 Å². The van der Waals surface area contributed by atoms with Crippen LogP contribution < -0.4 is 10.5 Å². The van der Waals surface area contributed by atoms with Gasteiger partial charge in [0.05, 0.1) is 10.5 Å². The quantitative estimate of drug-likeness (QED) is 0.775. The Morgan fingerprint density at radius 3 is 2.62 bits per heavy atom. The van der Waals surface area contributed by atoms with Gasteiger partial charge in [0.1, 0.15) is 0 Å². The molecule has 4 N–H and O–H groups in total. The summed E-state index contributed by atoms with van der Waals surface area (Å²) in [5.41, 5.74) is 6.46. The standard InChI is InChI=1S/C14H20N2O4S/c1-9-6-7-10(8-11(9)14(17)18)21(19,20)16-13-5-3-2-4-12(13)15/h6-8,12-13,16H,2-5,15H2,1H3,(H,17,18). The number of aryl methyl sites for hydroxylation is 1. The number of sulfonamides is 1. The Morgan fingerprint density at radius 1 is 1.33 bits per heavy atom. The van der Waals surface area contributed by atoms with Crippen molar-refractivity contribution in [1.29, 1.82) is 0 Å². The summed E-state index contributed by atoms with van der Waals surface area (Å²) in [6.07, 6.45) is 3.45. The van der Waals surface area contributed by atoms with Crippen molar-refractivity contribution in [2.24, 2.45) is 5.73 Å². The highest BCUT2D eigenvalue weighted by atomic mass is 32.2.